The van der Waals surface area contributed by atoms with Gasteiger partial charge in [0.2, 0.25) is 11.8 Å². The Bertz CT molecular complexity index is 1110. The lowest BCUT2D eigenvalue weighted by molar-refractivity contribution is -0.158. The van der Waals surface area contributed by atoms with Crippen LogP contribution in [-0.2, 0) is 25.5 Å². The zero-order valence-electron chi connectivity index (χ0n) is 17.7. The number of likely N-dealkylation sites (tertiary alicyclic amines) is 1. The van der Waals surface area contributed by atoms with Gasteiger partial charge in [-0.25, -0.2) is 4.79 Å². The number of fused-ring (bicyclic) bond motifs is 5. The maximum atomic E-state index is 13.3. The predicted molar refractivity (Wildman–Crippen MR) is 120 cm³/mol. The van der Waals surface area contributed by atoms with Crippen LogP contribution in [0.1, 0.15) is 22.3 Å². The molecule has 168 valence electrons. The molecule has 2 bridgehead atoms. The highest BCUT2D eigenvalue weighted by molar-refractivity contribution is 6.30. The molecule has 2 aliphatic carbocycles. The molecule has 6 nitrogen and oxygen atoms in total. The number of rotatable bonds is 7. The van der Waals surface area contributed by atoms with Crippen LogP contribution in [-0.4, -0.2) is 41.1 Å². The number of benzene rings is 2. The number of amides is 2. The number of allylic oxidation sites excluding steroid dienone is 2. The summed E-state index contributed by atoms with van der Waals surface area (Å²) in [6.07, 6.45) is 4.96. The van der Waals surface area contributed by atoms with E-state index in [-0.39, 0.29) is 30.1 Å². The third kappa shape index (κ3) is 3.89. The normalized spacial score (nSPS) is 25.9. The molecule has 2 aromatic rings. The molecule has 2 aromatic carbocycles. The van der Waals surface area contributed by atoms with Crippen LogP contribution in [0.3, 0.4) is 0 Å². The smallest absolute Gasteiger partial charge is 0.330 e. The molecule has 7 heteroatoms. The van der Waals surface area contributed by atoms with Crippen molar-refractivity contribution in [3.63, 3.8) is 0 Å². The van der Waals surface area contributed by atoms with Crippen molar-refractivity contribution in [2.24, 2.45) is 23.7 Å². The fourth-order valence-corrected chi connectivity index (χ4v) is 5.43. The van der Waals surface area contributed by atoms with Crippen LogP contribution >= 0.6 is 11.6 Å². The number of ether oxygens (including phenoxy) is 1. The molecule has 1 heterocycles. The molecule has 0 unspecified atom stereocenters. The summed E-state index contributed by atoms with van der Waals surface area (Å²) >= 11 is 5.86. The summed E-state index contributed by atoms with van der Waals surface area (Å²) in [5.74, 6) is -2.52. The van der Waals surface area contributed by atoms with Crippen LogP contribution in [0.4, 0.5) is 0 Å². The number of nitrogens with zero attached hydrogens (tertiary/aromatic N) is 1. The lowest BCUT2D eigenvalue weighted by Crippen LogP contribution is -2.48. The van der Waals surface area contributed by atoms with Crippen molar-refractivity contribution in [1.29, 1.82) is 0 Å². The standard InChI is InChI=1S/C26H22ClNO5/c27-19-10-8-16(9-11-19)21(29)14-33-26(32)20(12-15-4-2-1-3-5-15)28-24(30)22-17-6-7-18(13-17)23(22)25(28)31/h1-11,17-18,20,22-23H,12-14H2/t17-,18-,20+,22-,23-/m0/s1. The van der Waals surface area contributed by atoms with E-state index in [0.29, 0.717) is 10.6 Å². The number of carbonyl (C=O) groups is 4. The van der Waals surface area contributed by atoms with Gasteiger partial charge in [-0.1, -0.05) is 54.1 Å². The van der Waals surface area contributed by atoms with Crippen molar-refractivity contribution >= 4 is 35.2 Å². The molecule has 5 atom stereocenters. The van der Waals surface area contributed by atoms with Crippen molar-refractivity contribution in [1.82, 2.24) is 4.90 Å². The third-order valence-electron chi connectivity index (χ3n) is 6.87. The van der Waals surface area contributed by atoms with Crippen LogP contribution in [0, 0.1) is 23.7 Å². The van der Waals surface area contributed by atoms with Gasteiger partial charge in [-0.2, -0.15) is 0 Å². The Labute approximate surface area is 196 Å². The van der Waals surface area contributed by atoms with E-state index in [1.54, 1.807) is 24.3 Å². The second-order valence-electron chi connectivity index (χ2n) is 8.79. The van der Waals surface area contributed by atoms with Gasteiger partial charge in [-0.3, -0.25) is 19.3 Å². The molecule has 1 saturated carbocycles. The summed E-state index contributed by atoms with van der Waals surface area (Å²) in [6.45, 7) is -0.484. The molecule has 0 aromatic heterocycles. The molecule has 1 saturated heterocycles. The largest absolute Gasteiger partial charge is 0.456 e. The van der Waals surface area contributed by atoms with E-state index in [0.717, 1.165) is 16.9 Å². The highest BCUT2D eigenvalue weighted by atomic mass is 35.5. The summed E-state index contributed by atoms with van der Waals surface area (Å²) in [5, 5.41) is 0.492. The number of hydrogen-bond donors (Lipinski definition) is 0. The first kappa shape index (κ1) is 21.6. The molecule has 0 radical (unpaired) electrons. The van der Waals surface area contributed by atoms with Crippen LogP contribution in [0.25, 0.3) is 0 Å². The summed E-state index contributed by atoms with van der Waals surface area (Å²) in [6, 6.07) is 14.3. The summed E-state index contributed by atoms with van der Waals surface area (Å²) in [4.78, 5) is 53.3. The molecule has 3 aliphatic rings. The average molecular weight is 464 g/mol. The Morgan fingerprint density at radius 3 is 2.15 bits per heavy atom. The van der Waals surface area contributed by atoms with Gasteiger partial charge in [0.1, 0.15) is 6.04 Å². The van der Waals surface area contributed by atoms with Crippen molar-refractivity contribution in [3.8, 4) is 0 Å². The second kappa shape index (κ2) is 8.60. The lowest BCUT2D eigenvalue weighted by atomic mass is 9.85. The Morgan fingerprint density at radius 1 is 0.939 bits per heavy atom. The fraction of sp³-hybridized carbons (Fsp3) is 0.308. The van der Waals surface area contributed by atoms with Gasteiger partial charge in [-0.05, 0) is 48.1 Å². The highest BCUT2D eigenvalue weighted by Crippen LogP contribution is 2.53. The molecule has 1 aliphatic heterocycles. The molecule has 2 amide bonds. The first-order valence-corrected chi connectivity index (χ1v) is 11.4. The van der Waals surface area contributed by atoms with Crippen molar-refractivity contribution in [2.75, 3.05) is 6.61 Å². The van der Waals surface area contributed by atoms with E-state index < -0.39 is 36.2 Å². The molecule has 0 spiro atoms. The maximum Gasteiger partial charge on any atom is 0.330 e. The van der Waals surface area contributed by atoms with E-state index in [9.17, 15) is 19.2 Å². The van der Waals surface area contributed by atoms with Gasteiger partial charge >= 0.3 is 5.97 Å². The summed E-state index contributed by atoms with van der Waals surface area (Å²) in [5.41, 5.74) is 1.15. The average Bonchev–Trinajstić information content (AvgIpc) is 3.51. The molecule has 5 rings (SSSR count). The Hall–Kier alpha value is -3.25. The van der Waals surface area contributed by atoms with Gasteiger partial charge in [0.05, 0.1) is 11.8 Å². The van der Waals surface area contributed by atoms with Gasteiger partial charge in [-0.15, -0.1) is 0 Å². The second-order valence-corrected chi connectivity index (χ2v) is 9.23. The number of Topliss-reactive ketones (excluding diaryl/α,β-unsaturated/α-hetero) is 1. The molecule has 33 heavy (non-hydrogen) atoms. The molecular formula is C26H22ClNO5. The van der Waals surface area contributed by atoms with Crippen LogP contribution in [0.5, 0.6) is 0 Å². The van der Waals surface area contributed by atoms with Crippen LogP contribution in [0.15, 0.2) is 66.7 Å². The monoisotopic (exact) mass is 463 g/mol. The van der Waals surface area contributed by atoms with Crippen molar-refractivity contribution in [2.45, 2.75) is 18.9 Å². The summed E-state index contributed by atoms with van der Waals surface area (Å²) < 4.78 is 5.34. The molecule has 0 N–H and O–H groups in total. The minimum absolute atomic E-state index is 0.0429. The van der Waals surface area contributed by atoms with E-state index in [1.807, 2.05) is 42.5 Å². The van der Waals surface area contributed by atoms with Crippen LogP contribution in [0.2, 0.25) is 5.02 Å². The number of halogens is 1. The zero-order valence-corrected chi connectivity index (χ0v) is 18.5. The van der Waals surface area contributed by atoms with E-state index >= 15 is 0 Å². The topological polar surface area (TPSA) is 80.8 Å². The van der Waals surface area contributed by atoms with Crippen molar-refractivity contribution in [3.05, 3.63) is 82.9 Å². The Kier molecular flexibility index (Phi) is 5.62. The number of esters is 1. The number of hydrogen-bond acceptors (Lipinski definition) is 5. The van der Waals surface area contributed by atoms with Crippen molar-refractivity contribution < 1.29 is 23.9 Å². The lowest BCUT2D eigenvalue weighted by Gasteiger charge is -2.26. The zero-order chi connectivity index (χ0) is 23.1. The van der Waals surface area contributed by atoms with E-state index in [1.165, 1.54) is 0 Å². The van der Waals surface area contributed by atoms with Gasteiger partial charge < -0.3 is 4.74 Å². The molecule has 2 fully saturated rings. The number of ketones is 1. The first-order valence-electron chi connectivity index (χ1n) is 11.0. The maximum absolute atomic E-state index is 13.3. The summed E-state index contributed by atoms with van der Waals surface area (Å²) in [7, 11) is 0. The fourth-order valence-electron chi connectivity index (χ4n) is 5.30. The van der Waals surface area contributed by atoms with Gasteiger partial charge in [0, 0.05) is 17.0 Å². The predicted octanol–water partition coefficient (Wildman–Crippen LogP) is 3.48. The van der Waals surface area contributed by atoms with Gasteiger partial charge in [0.25, 0.3) is 0 Å². The number of imide groups is 1. The van der Waals surface area contributed by atoms with E-state index in [4.69, 9.17) is 16.3 Å². The minimum Gasteiger partial charge on any atom is -0.456 e. The van der Waals surface area contributed by atoms with Gasteiger partial charge in [0.15, 0.2) is 12.4 Å². The molecular weight excluding hydrogens is 442 g/mol. The SMILES string of the molecule is O=C(COC(=O)[C@@H](Cc1ccccc1)N1C(=O)[C@@H]2[C@@H](C1=O)[C@H]1C=C[C@H]2C1)c1ccc(Cl)cc1. The van der Waals surface area contributed by atoms with Crippen LogP contribution < -0.4 is 0 Å². The van der Waals surface area contributed by atoms with E-state index in [2.05, 4.69) is 0 Å². The quantitative estimate of drug-likeness (QED) is 0.272. The Morgan fingerprint density at radius 2 is 1.55 bits per heavy atom. The Balaban J connectivity index is 1.36. The highest BCUT2D eigenvalue weighted by Gasteiger charge is 2.61. The number of carbonyl (C=O) groups excluding carboxylic acids is 4. The minimum atomic E-state index is -1.12. The third-order valence-corrected chi connectivity index (χ3v) is 7.12. The first-order chi connectivity index (χ1) is 15.9.